The molecule has 1 amide bonds. The van der Waals surface area contributed by atoms with Crippen LogP contribution in [0.5, 0.6) is 0 Å². The summed E-state index contributed by atoms with van der Waals surface area (Å²) in [6.45, 7) is 0.501. The smallest absolute Gasteiger partial charge is 0.248 e. The van der Waals surface area contributed by atoms with Gasteiger partial charge in [-0.05, 0) is 35.9 Å². The van der Waals surface area contributed by atoms with Crippen molar-refractivity contribution in [1.29, 1.82) is 0 Å². The third-order valence-electron chi connectivity index (χ3n) is 3.38. The topological polar surface area (TPSA) is 46.3 Å². The van der Waals surface area contributed by atoms with E-state index in [0.717, 1.165) is 21.3 Å². The fourth-order valence-corrected chi connectivity index (χ4v) is 3.05. The first-order chi connectivity index (χ1) is 9.56. The van der Waals surface area contributed by atoms with Crippen LogP contribution in [0, 0.1) is 0 Å². The number of halogens is 2. The second-order valence-electron chi connectivity index (χ2n) is 4.74. The van der Waals surface area contributed by atoms with E-state index in [2.05, 4.69) is 15.9 Å². The van der Waals surface area contributed by atoms with Gasteiger partial charge < -0.3 is 10.6 Å². The molecule has 0 radical (unpaired) electrons. The summed E-state index contributed by atoms with van der Waals surface area (Å²) in [5, 5.41) is 0.594. The van der Waals surface area contributed by atoms with Crippen LogP contribution in [0.25, 0.3) is 0 Å². The number of rotatable bonds is 2. The third-order valence-corrected chi connectivity index (χ3v) is 4.11. The maximum atomic E-state index is 12.3. The van der Waals surface area contributed by atoms with Gasteiger partial charge in [-0.1, -0.05) is 39.7 Å². The minimum atomic E-state index is -0.629. The van der Waals surface area contributed by atoms with E-state index in [-0.39, 0.29) is 5.91 Å². The number of hydrogen-bond acceptors (Lipinski definition) is 2. The minimum absolute atomic E-state index is 0.0951. The van der Waals surface area contributed by atoms with E-state index in [4.69, 9.17) is 17.3 Å². The van der Waals surface area contributed by atoms with Gasteiger partial charge in [-0.25, -0.2) is 0 Å². The summed E-state index contributed by atoms with van der Waals surface area (Å²) in [5.74, 6) is -0.0951. The number of nitrogens with two attached hydrogens (primary N) is 1. The Balaban J connectivity index is 1.97. The number of carbonyl (C=O) groups excluding carboxylic acids is 1. The van der Waals surface area contributed by atoms with E-state index in [1.54, 1.807) is 17.0 Å². The highest BCUT2D eigenvalue weighted by molar-refractivity contribution is 9.10. The maximum Gasteiger partial charge on any atom is 0.248 e. The molecule has 2 aromatic carbocycles. The van der Waals surface area contributed by atoms with E-state index < -0.39 is 6.04 Å². The summed E-state index contributed by atoms with van der Waals surface area (Å²) < 4.78 is 0.988. The molecule has 0 bridgehead atoms. The molecule has 1 atom stereocenters. The second-order valence-corrected chi connectivity index (χ2v) is 6.09. The molecule has 0 aliphatic carbocycles. The second kappa shape index (κ2) is 5.20. The van der Waals surface area contributed by atoms with Crippen LogP contribution < -0.4 is 10.6 Å². The van der Waals surface area contributed by atoms with Gasteiger partial charge in [-0.15, -0.1) is 0 Å². The summed E-state index contributed by atoms with van der Waals surface area (Å²) in [6.07, 6.45) is 0. The Kier molecular flexibility index (Phi) is 3.54. The van der Waals surface area contributed by atoms with Crippen LogP contribution in [0.2, 0.25) is 5.02 Å². The molecule has 0 saturated carbocycles. The van der Waals surface area contributed by atoms with Gasteiger partial charge in [0.15, 0.2) is 0 Å². The normalized spacial score (nSPS) is 17.4. The van der Waals surface area contributed by atoms with Crippen LogP contribution in [-0.4, -0.2) is 5.91 Å². The molecule has 20 heavy (non-hydrogen) atoms. The summed E-state index contributed by atoms with van der Waals surface area (Å²) in [5.41, 5.74) is 8.65. The van der Waals surface area contributed by atoms with Gasteiger partial charge in [0.25, 0.3) is 0 Å². The first-order valence-corrected chi connectivity index (χ1v) is 7.34. The quantitative estimate of drug-likeness (QED) is 0.897. The van der Waals surface area contributed by atoms with Gasteiger partial charge in [0.05, 0.1) is 6.54 Å². The molecule has 1 heterocycles. The van der Waals surface area contributed by atoms with Crippen molar-refractivity contribution in [3.8, 4) is 0 Å². The molecule has 0 spiro atoms. The molecule has 102 valence electrons. The first-order valence-electron chi connectivity index (χ1n) is 6.17. The fraction of sp³-hybridized carbons (Fsp3) is 0.133. The molecule has 0 saturated heterocycles. The van der Waals surface area contributed by atoms with Gasteiger partial charge in [0, 0.05) is 20.7 Å². The van der Waals surface area contributed by atoms with Crippen LogP contribution >= 0.6 is 27.5 Å². The molecule has 1 aliphatic heterocycles. The van der Waals surface area contributed by atoms with E-state index in [9.17, 15) is 4.79 Å². The highest BCUT2D eigenvalue weighted by Crippen LogP contribution is 2.37. The number of nitrogens with zero attached hydrogens (tertiary/aromatic N) is 1. The lowest BCUT2D eigenvalue weighted by atomic mass is 10.1. The summed E-state index contributed by atoms with van der Waals surface area (Å²) in [4.78, 5) is 14.0. The number of amides is 1. The van der Waals surface area contributed by atoms with Crippen molar-refractivity contribution in [1.82, 2.24) is 0 Å². The van der Waals surface area contributed by atoms with Crippen molar-refractivity contribution in [2.45, 2.75) is 12.6 Å². The monoisotopic (exact) mass is 350 g/mol. The summed E-state index contributed by atoms with van der Waals surface area (Å²) >= 11 is 9.41. The van der Waals surface area contributed by atoms with E-state index >= 15 is 0 Å². The molecule has 1 unspecified atom stereocenters. The molecule has 5 heteroatoms. The summed E-state index contributed by atoms with van der Waals surface area (Å²) in [7, 11) is 0. The molecule has 2 aromatic rings. The SMILES string of the molecule is NC1C(=O)N(Cc2cccc(Br)c2)c2ccc(Cl)cc21. The minimum Gasteiger partial charge on any atom is -0.316 e. The number of benzene rings is 2. The molecular formula is C15H12BrClN2O. The molecule has 0 aromatic heterocycles. The van der Waals surface area contributed by atoms with Crippen molar-refractivity contribution < 1.29 is 4.79 Å². The average Bonchev–Trinajstić information content (AvgIpc) is 2.64. The Labute approximate surface area is 130 Å². The van der Waals surface area contributed by atoms with Gasteiger partial charge in [-0.2, -0.15) is 0 Å². The molecule has 0 fully saturated rings. The predicted molar refractivity (Wildman–Crippen MR) is 83.7 cm³/mol. The number of anilines is 1. The molecular weight excluding hydrogens is 340 g/mol. The zero-order valence-electron chi connectivity index (χ0n) is 10.5. The molecule has 2 N–H and O–H groups in total. The number of carbonyl (C=O) groups is 1. The van der Waals surface area contributed by atoms with Gasteiger partial charge >= 0.3 is 0 Å². The highest BCUT2D eigenvalue weighted by atomic mass is 79.9. The van der Waals surface area contributed by atoms with E-state index in [0.29, 0.717) is 11.6 Å². The molecule has 3 rings (SSSR count). The maximum absolute atomic E-state index is 12.3. The van der Waals surface area contributed by atoms with Gasteiger partial charge in [0.2, 0.25) is 5.91 Å². The van der Waals surface area contributed by atoms with Crippen molar-refractivity contribution in [3.63, 3.8) is 0 Å². The lowest BCUT2D eigenvalue weighted by molar-refractivity contribution is -0.119. The van der Waals surface area contributed by atoms with Gasteiger partial charge in [-0.3, -0.25) is 4.79 Å². The molecule has 3 nitrogen and oxygen atoms in total. The van der Waals surface area contributed by atoms with Crippen molar-refractivity contribution in [2.75, 3.05) is 4.90 Å². The fourth-order valence-electron chi connectivity index (χ4n) is 2.42. The molecule has 1 aliphatic rings. The average molecular weight is 352 g/mol. The lowest BCUT2D eigenvalue weighted by Crippen LogP contribution is -2.31. The van der Waals surface area contributed by atoms with E-state index in [1.165, 1.54) is 0 Å². The zero-order chi connectivity index (χ0) is 14.3. The van der Waals surface area contributed by atoms with Crippen LogP contribution in [0.1, 0.15) is 17.2 Å². The lowest BCUT2D eigenvalue weighted by Gasteiger charge is -2.18. The highest BCUT2D eigenvalue weighted by Gasteiger charge is 2.34. The largest absolute Gasteiger partial charge is 0.316 e. The van der Waals surface area contributed by atoms with Gasteiger partial charge in [0.1, 0.15) is 6.04 Å². The number of hydrogen-bond donors (Lipinski definition) is 1. The predicted octanol–water partition coefficient (Wildman–Crippen LogP) is 3.65. The van der Waals surface area contributed by atoms with E-state index in [1.807, 2.05) is 30.3 Å². The first kappa shape index (κ1) is 13.6. The standard InChI is InChI=1S/C15H12BrClN2O/c16-10-3-1-2-9(6-10)8-19-13-5-4-11(17)7-12(13)14(18)15(19)20/h1-7,14H,8,18H2. The Morgan fingerprint density at radius 3 is 2.80 bits per heavy atom. The Hall–Kier alpha value is -1.36. The Morgan fingerprint density at radius 1 is 1.25 bits per heavy atom. The van der Waals surface area contributed by atoms with Crippen LogP contribution in [0.3, 0.4) is 0 Å². The number of fused-ring (bicyclic) bond motifs is 1. The third kappa shape index (κ3) is 2.35. The van der Waals surface area contributed by atoms with Crippen molar-refractivity contribution in [2.24, 2.45) is 5.73 Å². The zero-order valence-corrected chi connectivity index (χ0v) is 12.9. The Bertz CT molecular complexity index is 689. The Morgan fingerprint density at radius 2 is 2.05 bits per heavy atom. The van der Waals surface area contributed by atoms with Crippen molar-refractivity contribution >= 4 is 39.1 Å². The summed E-state index contributed by atoms with van der Waals surface area (Å²) in [6, 6.07) is 12.6. The van der Waals surface area contributed by atoms with Crippen LogP contribution in [0.4, 0.5) is 5.69 Å². The van der Waals surface area contributed by atoms with Crippen LogP contribution in [0.15, 0.2) is 46.9 Å². The van der Waals surface area contributed by atoms with Crippen molar-refractivity contribution in [3.05, 3.63) is 63.1 Å². The van der Waals surface area contributed by atoms with Crippen LogP contribution in [-0.2, 0) is 11.3 Å².